The second kappa shape index (κ2) is 6.57. The van der Waals surface area contributed by atoms with E-state index in [9.17, 15) is 8.42 Å². The minimum Gasteiger partial charge on any atom is -0.495 e. The summed E-state index contributed by atoms with van der Waals surface area (Å²) in [6.07, 6.45) is 4.56. The van der Waals surface area contributed by atoms with Gasteiger partial charge in [0.1, 0.15) is 11.5 Å². The van der Waals surface area contributed by atoms with Crippen molar-refractivity contribution in [1.82, 2.24) is 0 Å². The molecular formula is C18H19NO4S. The maximum absolute atomic E-state index is 13.4. The number of fused-ring (bicyclic) bond motifs is 1. The fraction of sp³-hybridized carbons (Fsp3) is 0.222. The molecule has 1 aliphatic rings. The number of hydrogen-bond donors (Lipinski definition) is 0. The van der Waals surface area contributed by atoms with Crippen LogP contribution in [0.15, 0.2) is 53.4 Å². The van der Waals surface area contributed by atoms with Gasteiger partial charge in [0.05, 0.1) is 19.9 Å². The first-order valence-corrected chi connectivity index (χ1v) is 9.03. The summed E-state index contributed by atoms with van der Waals surface area (Å²) in [4.78, 5) is 0.0479. The Kier molecular flexibility index (Phi) is 4.49. The van der Waals surface area contributed by atoms with Gasteiger partial charge in [-0.15, -0.1) is 0 Å². The average Bonchev–Trinajstić information content (AvgIpc) is 2.83. The number of ether oxygens (including phenoxy) is 2. The Morgan fingerprint density at radius 2 is 1.62 bits per heavy atom. The molecule has 0 radical (unpaired) electrons. The highest BCUT2D eigenvalue weighted by Crippen LogP contribution is 2.38. The Hall–Kier alpha value is -2.47. The van der Waals surface area contributed by atoms with Crippen molar-refractivity contribution in [2.24, 2.45) is 0 Å². The first kappa shape index (κ1) is 16.4. The third-order valence-electron chi connectivity index (χ3n) is 3.93. The Balaban J connectivity index is 2.20. The van der Waals surface area contributed by atoms with Crippen LogP contribution >= 0.6 is 0 Å². The van der Waals surface area contributed by atoms with Gasteiger partial charge in [0.15, 0.2) is 4.90 Å². The fourth-order valence-corrected chi connectivity index (χ4v) is 4.61. The molecule has 0 aliphatic carbocycles. The SMILES string of the molecule is COc1cccc(OC)c1S(=O)(=O)N1CCC=Cc2ccccc21. The van der Waals surface area contributed by atoms with Gasteiger partial charge in [-0.3, -0.25) is 4.31 Å². The lowest BCUT2D eigenvalue weighted by atomic mass is 10.2. The van der Waals surface area contributed by atoms with Crippen LogP contribution in [0.5, 0.6) is 11.5 Å². The van der Waals surface area contributed by atoms with E-state index < -0.39 is 10.0 Å². The predicted molar refractivity (Wildman–Crippen MR) is 94.2 cm³/mol. The van der Waals surface area contributed by atoms with E-state index >= 15 is 0 Å². The summed E-state index contributed by atoms with van der Waals surface area (Å²) in [7, 11) is -0.941. The highest BCUT2D eigenvalue weighted by molar-refractivity contribution is 7.93. The molecule has 6 heteroatoms. The van der Waals surface area contributed by atoms with Gasteiger partial charge in [-0.1, -0.05) is 36.4 Å². The second-order valence-electron chi connectivity index (χ2n) is 5.32. The summed E-state index contributed by atoms with van der Waals surface area (Å²) in [6, 6.07) is 12.4. The summed E-state index contributed by atoms with van der Waals surface area (Å²) in [5, 5.41) is 0. The molecule has 0 spiro atoms. The van der Waals surface area contributed by atoms with Crippen LogP contribution in [0.1, 0.15) is 12.0 Å². The number of methoxy groups -OCH3 is 2. The van der Waals surface area contributed by atoms with Crippen LogP contribution in [0.3, 0.4) is 0 Å². The lowest BCUT2D eigenvalue weighted by Crippen LogP contribution is -2.32. The summed E-state index contributed by atoms with van der Waals surface area (Å²) >= 11 is 0. The van der Waals surface area contributed by atoms with E-state index in [-0.39, 0.29) is 16.4 Å². The van der Waals surface area contributed by atoms with Crippen molar-refractivity contribution in [2.45, 2.75) is 11.3 Å². The van der Waals surface area contributed by atoms with Gasteiger partial charge in [-0.25, -0.2) is 8.42 Å². The van der Waals surface area contributed by atoms with Crippen molar-refractivity contribution in [3.05, 3.63) is 54.1 Å². The van der Waals surface area contributed by atoms with Crippen molar-refractivity contribution >= 4 is 21.8 Å². The van der Waals surface area contributed by atoms with Crippen LogP contribution in [-0.4, -0.2) is 29.2 Å². The fourth-order valence-electron chi connectivity index (χ4n) is 2.81. The first-order chi connectivity index (χ1) is 11.6. The number of nitrogens with zero attached hydrogens (tertiary/aromatic N) is 1. The number of para-hydroxylation sites is 1. The smallest absolute Gasteiger partial charge is 0.271 e. The van der Waals surface area contributed by atoms with Crippen molar-refractivity contribution in [2.75, 3.05) is 25.1 Å². The maximum atomic E-state index is 13.4. The highest BCUT2D eigenvalue weighted by Gasteiger charge is 2.32. The molecule has 0 amide bonds. The van der Waals surface area contributed by atoms with E-state index in [0.29, 0.717) is 18.7 Å². The third-order valence-corrected chi connectivity index (χ3v) is 5.81. The van der Waals surface area contributed by atoms with Gasteiger partial charge in [0.2, 0.25) is 0 Å². The molecular weight excluding hydrogens is 326 g/mol. The van der Waals surface area contributed by atoms with Crippen LogP contribution in [0.4, 0.5) is 5.69 Å². The molecule has 0 N–H and O–H groups in total. The minimum absolute atomic E-state index is 0.0479. The summed E-state index contributed by atoms with van der Waals surface area (Å²) in [5.74, 6) is 0.535. The highest BCUT2D eigenvalue weighted by atomic mass is 32.2. The van der Waals surface area contributed by atoms with Crippen LogP contribution in [-0.2, 0) is 10.0 Å². The molecule has 0 atom stereocenters. The van der Waals surface area contributed by atoms with E-state index in [1.54, 1.807) is 18.2 Å². The summed E-state index contributed by atoms with van der Waals surface area (Å²) in [5.41, 5.74) is 1.52. The molecule has 0 fully saturated rings. The van der Waals surface area contributed by atoms with E-state index in [1.807, 2.05) is 36.4 Å². The van der Waals surface area contributed by atoms with Crippen molar-refractivity contribution < 1.29 is 17.9 Å². The topological polar surface area (TPSA) is 55.8 Å². The lowest BCUT2D eigenvalue weighted by molar-refractivity contribution is 0.373. The Morgan fingerprint density at radius 3 is 2.29 bits per heavy atom. The van der Waals surface area contributed by atoms with E-state index in [1.165, 1.54) is 18.5 Å². The number of hydrogen-bond acceptors (Lipinski definition) is 4. The molecule has 3 rings (SSSR count). The summed E-state index contributed by atoms with van der Waals surface area (Å²) in [6.45, 7) is 0.358. The van der Waals surface area contributed by atoms with Crippen molar-refractivity contribution in [3.63, 3.8) is 0 Å². The Morgan fingerprint density at radius 1 is 0.958 bits per heavy atom. The van der Waals surface area contributed by atoms with E-state index in [4.69, 9.17) is 9.47 Å². The monoisotopic (exact) mass is 345 g/mol. The number of rotatable bonds is 4. The molecule has 24 heavy (non-hydrogen) atoms. The number of benzene rings is 2. The van der Waals surface area contributed by atoms with Gasteiger partial charge < -0.3 is 9.47 Å². The van der Waals surface area contributed by atoms with Gasteiger partial charge in [-0.2, -0.15) is 0 Å². The summed E-state index contributed by atoms with van der Waals surface area (Å²) < 4.78 is 38.8. The minimum atomic E-state index is -3.84. The number of sulfonamides is 1. The quantitative estimate of drug-likeness (QED) is 0.853. The molecule has 126 valence electrons. The predicted octanol–water partition coefficient (Wildman–Crippen LogP) is 3.32. The lowest BCUT2D eigenvalue weighted by Gasteiger charge is -2.26. The van der Waals surface area contributed by atoms with Gasteiger partial charge in [-0.05, 0) is 30.2 Å². The second-order valence-corrected chi connectivity index (χ2v) is 7.12. The van der Waals surface area contributed by atoms with Gasteiger partial charge in [0.25, 0.3) is 10.0 Å². The molecule has 5 nitrogen and oxygen atoms in total. The molecule has 0 aromatic heterocycles. The van der Waals surface area contributed by atoms with Gasteiger partial charge in [0, 0.05) is 6.54 Å². The maximum Gasteiger partial charge on any atom is 0.271 e. The molecule has 1 aliphatic heterocycles. The molecule has 0 unspecified atom stereocenters. The van der Waals surface area contributed by atoms with Crippen LogP contribution < -0.4 is 13.8 Å². The van der Waals surface area contributed by atoms with Crippen molar-refractivity contribution in [3.8, 4) is 11.5 Å². The zero-order valence-corrected chi connectivity index (χ0v) is 14.4. The molecule has 0 saturated carbocycles. The molecule has 1 heterocycles. The van der Waals surface area contributed by atoms with Gasteiger partial charge >= 0.3 is 0 Å². The Labute approximate surface area is 142 Å². The molecule has 2 aromatic rings. The largest absolute Gasteiger partial charge is 0.495 e. The molecule has 0 bridgehead atoms. The van der Waals surface area contributed by atoms with E-state index in [2.05, 4.69) is 0 Å². The zero-order valence-electron chi connectivity index (χ0n) is 13.6. The third kappa shape index (κ3) is 2.73. The van der Waals surface area contributed by atoms with E-state index in [0.717, 1.165) is 5.56 Å². The van der Waals surface area contributed by atoms with Crippen molar-refractivity contribution in [1.29, 1.82) is 0 Å². The Bertz CT molecular complexity index is 852. The zero-order chi connectivity index (χ0) is 17.2. The van der Waals surface area contributed by atoms with Crippen LogP contribution in [0.2, 0.25) is 0 Å². The normalized spacial score (nSPS) is 14.0. The van der Waals surface area contributed by atoms with Crippen LogP contribution in [0.25, 0.3) is 6.08 Å². The molecule has 2 aromatic carbocycles. The molecule has 0 saturated heterocycles. The number of anilines is 1. The van der Waals surface area contributed by atoms with Crippen LogP contribution in [0, 0.1) is 0 Å². The average molecular weight is 345 g/mol. The standard InChI is InChI=1S/C18H19NO4S/c1-22-16-11-7-12-17(23-2)18(16)24(20,21)19-13-6-5-9-14-8-3-4-10-15(14)19/h3-5,7-12H,6,13H2,1-2H3. The first-order valence-electron chi connectivity index (χ1n) is 7.59.